The average molecular weight is 303 g/mol. The van der Waals surface area contributed by atoms with E-state index in [0.29, 0.717) is 18.1 Å². The molecule has 118 valence electrons. The SMILES string of the molecule is CCN1CCCC(CN)(N(C)C2CCS(=O)(=O)C2)CC1. The molecule has 0 aromatic rings. The highest BCUT2D eigenvalue weighted by atomic mass is 32.2. The molecule has 0 aromatic heterocycles. The van der Waals surface area contributed by atoms with Crippen molar-refractivity contribution in [3.8, 4) is 0 Å². The lowest BCUT2D eigenvalue weighted by Gasteiger charge is -2.44. The van der Waals surface area contributed by atoms with Crippen LogP contribution in [0, 0.1) is 0 Å². The number of nitrogens with zero attached hydrogens (tertiary/aromatic N) is 2. The maximum Gasteiger partial charge on any atom is 0.151 e. The van der Waals surface area contributed by atoms with Gasteiger partial charge in [0, 0.05) is 18.1 Å². The first kappa shape index (κ1) is 16.2. The van der Waals surface area contributed by atoms with Crippen LogP contribution in [0.4, 0.5) is 0 Å². The number of hydrogen-bond donors (Lipinski definition) is 1. The van der Waals surface area contributed by atoms with Crippen LogP contribution in [0.2, 0.25) is 0 Å². The Bertz CT molecular complexity index is 426. The molecule has 20 heavy (non-hydrogen) atoms. The molecule has 0 radical (unpaired) electrons. The summed E-state index contributed by atoms with van der Waals surface area (Å²) in [6.07, 6.45) is 4.03. The van der Waals surface area contributed by atoms with E-state index in [1.54, 1.807) is 0 Å². The maximum absolute atomic E-state index is 11.7. The molecule has 0 saturated carbocycles. The fourth-order valence-electron chi connectivity index (χ4n) is 3.72. The topological polar surface area (TPSA) is 66.6 Å². The van der Waals surface area contributed by atoms with Crippen molar-refractivity contribution >= 4 is 9.84 Å². The van der Waals surface area contributed by atoms with E-state index in [9.17, 15) is 8.42 Å². The number of likely N-dealkylation sites (tertiary alicyclic amines) is 1. The Balaban J connectivity index is 2.10. The Hall–Kier alpha value is -0.170. The lowest BCUT2D eigenvalue weighted by Crippen LogP contribution is -2.56. The molecule has 0 bridgehead atoms. The summed E-state index contributed by atoms with van der Waals surface area (Å²) in [4.78, 5) is 4.77. The minimum Gasteiger partial charge on any atom is -0.329 e. The predicted molar refractivity (Wildman–Crippen MR) is 82.6 cm³/mol. The normalized spacial score (nSPS) is 35.3. The highest BCUT2D eigenvalue weighted by Gasteiger charge is 2.41. The first-order chi connectivity index (χ1) is 9.42. The fourth-order valence-corrected chi connectivity index (χ4v) is 5.49. The average Bonchev–Trinajstić information content (AvgIpc) is 2.67. The van der Waals surface area contributed by atoms with Crippen LogP contribution >= 0.6 is 0 Å². The fraction of sp³-hybridized carbons (Fsp3) is 1.00. The Morgan fingerprint density at radius 3 is 2.65 bits per heavy atom. The van der Waals surface area contributed by atoms with Gasteiger partial charge in [-0.25, -0.2) is 8.42 Å². The van der Waals surface area contributed by atoms with Gasteiger partial charge in [-0.3, -0.25) is 4.90 Å². The summed E-state index contributed by atoms with van der Waals surface area (Å²) in [5.74, 6) is 0.645. The van der Waals surface area contributed by atoms with Crippen molar-refractivity contribution in [2.24, 2.45) is 5.73 Å². The van der Waals surface area contributed by atoms with Crippen LogP contribution < -0.4 is 5.73 Å². The molecule has 2 N–H and O–H groups in total. The van der Waals surface area contributed by atoms with Gasteiger partial charge in [0.25, 0.3) is 0 Å². The Kier molecular flexibility index (Phi) is 5.10. The molecule has 2 aliphatic heterocycles. The third-order valence-corrected chi connectivity index (χ3v) is 7.09. The van der Waals surface area contributed by atoms with Crippen LogP contribution in [0.15, 0.2) is 0 Å². The zero-order chi connectivity index (χ0) is 14.8. The van der Waals surface area contributed by atoms with Crippen LogP contribution in [-0.4, -0.2) is 74.5 Å². The highest BCUT2D eigenvalue weighted by molar-refractivity contribution is 7.91. The van der Waals surface area contributed by atoms with E-state index in [1.807, 2.05) is 0 Å². The molecule has 2 heterocycles. The Morgan fingerprint density at radius 2 is 2.10 bits per heavy atom. The van der Waals surface area contributed by atoms with Crippen LogP contribution in [0.1, 0.15) is 32.6 Å². The first-order valence-electron chi connectivity index (χ1n) is 7.78. The van der Waals surface area contributed by atoms with Gasteiger partial charge in [-0.05, 0) is 52.4 Å². The number of sulfone groups is 1. The van der Waals surface area contributed by atoms with Crippen molar-refractivity contribution in [2.45, 2.75) is 44.2 Å². The Labute approximate surface area is 123 Å². The number of likely N-dealkylation sites (N-methyl/N-ethyl adjacent to an activating group) is 1. The summed E-state index contributed by atoms with van der Waals surface area (Å²) in [5.41, 5.74) is 6.10. The van der Waals surface area contributed by atoms with Gasteiger partial charge in [0.15, 0.2) is 9.84 Å². The highest BCUT2D eigenvalue weighted by Crippen LogP contribution is 2.31. The molecule has 2 saturated heterocycles. The summed E-state index contributed by atoms with van der Waals surface area (Å²) in [5, 5.41) is 0. The smallest absolute Gasteiger partial charge is 0.151 e. The second-order valence-corrected chi connectivity index (χ2v) is 8.61. The zero-order valence-electron chi connectivity index (χ0n) is 12.8. The monoisotopic (exact) mass is 303 g/mol. The quantitative estimate of drug-likeness (QED) is 0.809. The van der Waals surface area contributed by atoms with Crippen LogP contribution in [-0.2, 0) is 9.84 Å². The van der Waals surface area contributed by atoms with E-state index in [0.717, 1.165) is 45.3 Å². The maximum atomic E-state index is 11.7. The molecule has 2 unspecified atom stereocenters. The van der Waals surface area contributed by atoms with E-state index in [4.69, 9.17) is 5.73 Å². The zero-order valence-corrected chi connectivity index (χ0v) is 13.7. The van der Waals surface area contributed by atoms with Crippen molar-refractivity contribution in [2.75, 3.05) is 44.7 Å². The van der Waals surface area contributed by atoms with Crippen molar-refractivity contribution in [1.82, 2.24) is 9.80 Å². The molecule has 0 aliphatic carbocycles. The van der Waals surface area contributed by atoms with Gasteiger partial charge in [-0.15, -0.1) is 0 Å². The van der Waals surface area contributed by atoms with Crippen molar-refractivity contribution in [1.29, 1.82) is 0 Å². The molecule has 2 atom stereocenters. The first-order valence-corrected chi connectivity index (χ1v) is 9.60. The Morgan fingerprint density at radius 1 is 1.35 bits per heavy atom. The van der Waals surface area contributed by atoms with Crippen molar-refractivity contribution in [3.05, 3.63) is 0 Å². The largest absolute Gasteiger partial charge is 0.329 e. The van der Waals surface area contributed by atoms with E-state index in [2.05, 4.69) is 23.8 Å². The number of nitrogens with two attached hydrogens (primary N) is 1. The minimum absolute atomic E-state index is 0.0194. The molecular formula is C14H29N3O2S. The van der Waals surface area contributed by atoms with Crippen LogP contribution in [0.25, 0.3) is 0 Å². The van der Waals surface area contributed by atoms with Gasteiger partial charge >= 0.3 is 0 Å². The molecular weight excluding hydrogens is 274 g/mol. The van der Waals surface area contributed by atoms with Crippen LogP contribution in [0.5, 0.6) is 0 Å². The summed E-state index contributed by atoms with van der Waals surface area (Å²) in [6.45, 7) is 6.11. The van der Waals surface area contributed by atoms with Gasteiger partial charge in [0.1, 0.15) is 0 Å². The van der Waals surface area contributed by atoms with E-state index < -0.39 is 9.84 Å². The third kappa shape index (κ3) is 3.35. The molecule has 5 nitrogen and oxygen atoms in total. The van der Waals surface area contributed by atoms with Crippen LogP contribution in [0.3, 0.4) is 0 Å². The number of hydrogen-bond acceptors (Lipinski definition) is 5. The molecule has 6 heteroatoms. The van der Waals surface area contributed by atoms with E-state index in [1.165, 1.54) is 0 Å². The second kappa shape index (κ2) is 6.30. The lowest BCUT2D eigenvalue weighted by molar-refractivity contribution is 0.0723. The number of rotatable bonds is 4. The van der Waals surface area contributed by atoms with Gasteiger partial charge < -0.3 is 10.6 Å². The van der Waals surface area contributed by atoms with Crippen molar-refractivity contribution < 1.29 is 8.42 Å². The summed E-state index contributed by atoms with van der Waals surface area (Å²) in [6, 6.07) is 0.150. The standard InChI is InChI=1S/C14H29N3O2S/c1-3-17-8-4-6-14(12-15,7-9-17)16(2)13-5-10-20(18,19)11-13/h13H,3-12,15H2,1-2H3. The third-order valence-electron chi connectivity index (χ3n) is 5.34. The van der Waals surface area contributed by atoms with E-state index in [-0.39, 0.29) is 11.6 Å². The summed E-state index contributed by atoms with van der Waals surface area (Å²) >= 11 is 0. The molecule has 0 aromatic carbocycles. The summed E-state index contributed by atoms with van der Waals surface area (Å²) < 4.78 is 23.4. The minimum atomic E-state index is -2.83. The summed E-state index contributed by atoms with van der Waals surface area (Å²) in [7, 11) is -0.748. The molecule has 2 fully saturated rings. The molecule has 0 amide bonds. The second-order valence-electron chi connectivity index (χ2n) is 6.38. The van der Waals surface area contributed by atoms with Gasteiger partial charge in [0.2, 0.25) is 0 Å². The van der Waals surface area contributed by atoms with Gasteiger partial charge in [-0.1, -0.05) is 6.92 Å². The molecule has 0 spiro atoms. The van der Waals surface area contributed by atoms with Crippen molar-refractivity contribution in [3.63, 3.8) is 0 Å². The molecule has 2 aliphatic rings. The predicted octanol–water partition coefficient (Wildman–Crippen LogP) is 0.309. The molecule has 2 rings (SSSR count). The van der Waals surface area contributed by atoms with E-state index >= 15 is 0 Å². The van der Waals surface area contributed by atoms with Gasteiger partial charge in [-0.2, -0.15) is 0 Å². The van der Waals surface area contributed by atoms with Gasteiger partial charge in [0.05, 0.1) is 11.5 Å². The lowest BCUT2D eigenvalue weighted by atomic mass is 9.87.